The van der Waals surface area contributed by atoms with Crippen molar-refractivity contribution in [3.8, 4) is 17.2 Å². The molecule has 0 radical (unpaired) electrons. The van der Waals surface area contributed by atoms with Crippen molar-refractivity contribution < 1.29 is 18.3 Å². The number of para-hydroxylation sites is 1. The first-order chi connectivity index (χ1) is 14.4. The zero-order chi connectivity index (χ0) is 21.3. The first-order valence-electron chi connectivity index (χ1n) is 8.85. The number of nitrogens with zero attached hydrogens (tertiary/aromatic N) is 4. The molecular weight excluding hydrogens is 396 g/mol. The zero-order valence-electron chi connectivity index (χ0n) is 15.7. The molecule has 8 nitrogen and oxygen atoms in total. The van der Waals surface area contributed by atoms with Gasteiger partial charge in [-0.15, -0.1) is 8.78 Å². The van der Waals surface area contributed by atoms with Crippen LogP contribution in [-0.4, -0.2) is 33.0 Å². The third-order valence-electron chi connectivity index (χ3n) is 4.18. The summed E-state index contributed by atoms with van der Waals surface area (Å²) >= 11 is 0. The lowest BCUT2D eigenvalue weighted by molar-refractivity contribution is -0.286. The second-order valence-corrected chi connectivity index (χ2v) is 6.37. The van der Waals surface area contributed by atoms with Gasteiger partial charge < -0.3 is 14.9 Å². The lowest BCUT2D eigenvalue weighted by Crippen LogP contribution is -2.26. The molecule has 1 aliphatic heterocycles. The summed E-state index contributed by atoms with van der Waals surface area (Å²) < 4.78 is 37.3. The van der Waals surface area contributed by atoms with Crippen LogP contribution in [0.2, 0.25) is 0 Å². The molecule has 0 bridgehead atoms. The first-order valence-corrected chi connectivity index (χ1v) is 8.85. The number of aryl methyl sites for hydroxylation is 1. The van der Waals surface area contributed by atoms with Gasteiger partial charge >= 0.3 is 6.29 Å². The Morgan fingerprint density at radius 3 is 2.90 bits per heavy atom. The molecule has 0 spiro atoms. The molecule has 0 atom stereocenters. The van der Waals surface area contributed by atoms with Gasteiger partial charge in [0.05, 0.1) is 11.4 Å². The van der Waals surface area contributed by atoms with E-state index in [4.69, 9.17) is 5.41 Å². The topological polar surface area (TPSA) is 102 Å². The maximum Gasteiger partial charge on any atom is 0.586 e. The average Bonchev–Trinajstić information content (AvgIpc) is 3.02. The molecule has 2 aromatic heterocycles. The van der Waals surface area contributed by atoms with Crippen LogP contribution in [0.4, 0.5) is 14.5 Å². The van der Waals surface area contributed by atoms with Crippen LogP contribution >= 0.6 is 0 Å². The number of alkyl halides is 2. The second kappa shape index (κ2) is 7.47. The Morgan fingerprint density at radius 2 is 2.13 bits per heavy atom. The van der Waals surface area contributed by atoms with Crippen LogP contribution in [0.1, 0.15) is 17.8 Å². The summed E-state index contributed by atoms with van der Waals surface area (Å²) in [5.41, 5.74) is 1.27. The molecule has 0 unspecified atom stereocenters. The highest BCUT2D eigenvalue weighted by Gasteiger charge is 2.44. The monoisotopic (exact) mass is 411 g/mol. The highest BCUT2D eigenvalue weighted by Crippen LogP contribution is 2.44. The molecule has 0 aliphatic carbocycles. The summed E-state index contributed by atoms with van der Waals surface area (Å²) in [6.07, 6.45) is 0.283. The van der Waals surface area contributed by atoms with E-state index in [0.717, 1.165) is 11.9 Å². The number of nitrogens with one attached hydrogen (secondary N) is 1. The minimum absolute atomic E-state index is 0.0151. The molecule has 1 aromatic carbocycles. The summed E-state index contributed by atoms with van der Waals surface area (Å²) in [6, 6.07) is 8.98. The van der Waals surface area contributed by atoms with E-state index >= 15 is 0 Å². The van der Waals surface area contributed by atoms with E-state index in [1.165, 1.54) is 35.1 Å². The van der Waals surface area contributed by atoms with Gasteiger partial charge in [0.2, 0.25) is 5.43 Å². The normalized spacial score (nSPS) is 14.6. The highest BCUT2D eigenvalue weighted by atomic mass is 19.3. The standard InChI is InChI=1S/C20H15F2N5O3/c1-12-11-13(6-9-24-12)25-14(5-8-23)18-16(28)7-10-27(26-18)15-3-2-4-17-19(15)30-20(21,22)29-17/h2-4,6-11,23H,5H2,1H3. The zero-order valence-corrected chi connectivity index (χ0v) is 15.7. The van der Waals surface area contributed by atoms with Crippen molar-refractivity contribution in [1.82, 2.24) is 14.8 Å². The largest absolute Gasteiger partial charge is 0.586 e. The van der Waals surface area contributed by atoms with E-state index in [1.54, 1.807) is 25.3 Å². The molecule has 152 valence electrons. The third kappa shape index (κ3) is 3.79. The lowest BCUT2D eigenvalue weighted by atomic mass is 10.2. The van der Waals surface area contributed by atoms with Gasteiger partial charge in [0.25, 0.3) is 0 Å². The van der Waals surface area contributed by atoms with Gasteiger partial charge in [0.15, 0.2) is 17.2 Å². The Hall–Kier alpha value is -3.95. The second-order valence-electron chi connectivity index (χ2n) is 6.37. The number of rotatable bonds is 5. The van der Waals surface area contributed by atoms with Crippen molar-refractivity contribution in [3.63, 3.8) is 0 Å². The molecular formula is C20H15F2N5O3. The molecule has 0 amide bonds. The van der Waals surface area contributed by atoms with Crippen molar-refractivity contribution in [2.45, 2.75) is 19.6 Å². The fraction of sp³-hybridized carbons (Fsp3) is 0.150. The fourth-order valence-electron chi connectivity index (χ4n) is 2.92. The summed E-state index contributed by atoms with van der Waals surface area (Å²) in [7, 11) is 0. The number of fused-ring (bicyclic) bond motifs is 1. The molecule has 30 heavy (non-hydrogen) atoms. The van der Waals surface area contributed by atoms with Gasteiger partial charge in [0.1, 0.15) is 5.69 Å². The number of halogens is 2. The molecule has 1 aliphatic rings. The summed E-state index contributed by atoms with van der Waals surface area (Å²) in [5, 5.41) is 11.7. The van der Waals surface area contributed by atoms with Crippen molar-refractivity contribution >= 4 is 17.6 Å². The van der Waals surface area contributed by atoms with Crippen LogP contribution in [-0.2, 0) is 0 Å². The number of benzene rings is 1. The Bertz CT molecular complexity index is 1220. The SMILES string of the molecule is Cc1cc(N=C(CC=N)c2nn(-c3cccc4c3OC(F)(F)O4)ccc2=O)ccn1. The van der Waals surface area contributed by atoms with Gasteiger partial charge in [0, 0.05) is 36.8 Å². The predicted octanol–water partition coefficient (Wildman–Crippen LogP) is 3.42. The van der Waals surface area contributed by atoms with E-state index in [9.17, 15) is 13.6 Å². The Morgan fingerprint density at radius 1 is 1.30 bits per heavy atom. The maximum absolute atomic E-state index is 13.5. The van der Waals surface area contributed by atoms with Gasteiger partial charge in [-0.05, 0) is 31.2 Å². The fourth-order valence-corrected chi connectivity index (χ4v) is 2.92. The number of hydrogen-bond donors (Lipinski definition) is 1. The molecule has 0 fully saturated rings. The van der Waals surface area contributed by atoms with Crippen LogP contribution in [0.25, 0.3) is 5.69 Å². The van der Waals surface area contributed by atoms with E-state index in [1.807, 2.05) is 0 Å². The number of ether oxygens (including phenoxy) is 2. The van der Waals surface area contributed by atoms with Crippen molar-refractivity contribution in [2.75, 3.05) is 0 Å². The first kappa shape index (κ1) is 19.4. The quantitative estimate of drug-likeness (QED) is 0.648. The van der Waals surface area contributed by atoms with Gasteiger partial charge in [-0.2, -0.15) is 5.10 Å². The molecule has 3 aromatic rings. The molecule has 4 rings (SSSR count). The van der Waals surface area contributed by atoms with E-state index in [-0.39, 0.29) is 35.0 Å². The van der Waals surface area contributed by atoms with Crippen LogP contribution in [0.15, 0.2) is 58.6 Å². The smallest absolute Gasteiger partial charge is 0.395 e. The van der Waals surface area contributed by atoms with Crippen LogP contribution in [0.5, 0.6) is 11.5 Å². The summed E-state index contributed by atoms with van der Waals surface area (Å²) in [4.78, 5) is 21.0. The van der Waals surface area contributed by atoms with Crippen molar-refractivity contribution in [3.05, 3.63) is 70.4 Å². The lowest BCUT2D eigenvalue weighted by Gasteiger charge is -2.11. The number of aliphatic imine (C=N–C) groups is 1. The Balaban J connectivity index is 1.82. The summed E-state index contributed by atoms with van der Waals surface area (Å²) in [6.45, 7) is 1.80. The van der Waals surface area contributed by atoms with Gasteiger partial charge in [-0.25, -0.2) is 4.68 Å². The van der Waals surface area contributed by atoms with Crippen molar-refractivity contribution in [2.24, 2.45) is 4.99 Å². The molecule has 10 heteroatoms. The molecule has 0 saturated carbocycles. The molecule has 1 N–H and O–H groups in total. The van der Waals surface area contributed by atoms with Crippen LogP contribution < -0.4 is 14.9 Å². The van der Waals surface area contributed by atoms with Crippen molar-refractivity contribution in [1.29, 1.82) is 5.41 Å². The molecule has 3 heterocycles. The Kier molecular flexibility index (Phi) is 4.82. The van der Waals surface area contributed by atoms with Crippen LogP contribution in [0.3, 0.4) is 0 Å². The van der Waals surface area contributed by atoms with E-state index < -0.39 is 11.7 Å². The minimum Gasteiger partial charge on any atom is -0.395 e. The predicted molar refractivity (Wildman–Crippen MR) is 105 cm³/mol. The number of pyridine rings is 1. The highest BCUT2D eigenvalue weighted by molar-refractivity contribution is 6.06. The van der Waals surface area contributed by atoms with Crippen LogP contribution in [0, 0.1) is 12.3 Å². The summed E-state index contributed by atoms with van der Waals surface area (Å²) in [5.74, 6) is -0.333. The number of aromatic nitrogens is 3. The Labute approximate surface area is 169 Å². The van der Waals surface area contributed by atoms with Gasteiger partial charge in [-0.3, -0.25) is 14.8 Å². The average molecular weight is 411 g/mol. The minimum atomic E-state index is -3.79. The number of hydrogen-bond acceptors (Lipinski definition) is 7. The van der Waals surface area contributed by atoms with E-state index in [2.05, 4.69) is 24.5 Å². The van der Waals surface area contributed by atoms with Gasteiger partial charge in [-0.1, -0.05) is 6.07 Å². The maximum atomic E-state index is 13.5. The molecule has 0 saturated heterocycles. The van der Waals surface area contributed by atoms with E-state index in [0.29, 0.717) is 5.69 Å². The third-order valence-corrected chi connectivity index (χ3v) is 4.18.